The minimum atomic E-state index is -0.167. The van der Waals surface area contributed by atoms with Crippen molar-refractivity contribution in [2.24, 2.45) is 0 Å². The number of hydrogen-bond acceptors (Lipinski definition) is 3. The summed E-state index contributed by atoms with van der Waals surface area (Å²) >= 11 is 0. The molecular formula is C14H25N3O. The number of aromatic nitrogens is 2. The average molecular weight is 251 g/mol. The van der Waals surface area contributed by atoms with E-state index in [2.05, 4.69) is 34.9 Å². The van der Waals surface area contributed by atoms with Gasteiger partial charge in [-0.25, -0.2) is 4.98 Å². The first kappa shape index (κ1) is 13.4. The number of hydrogen-bond donors (Lipinski definition) is 1. The first-order valence-electron chi connectivity index (χ1n) is 6.86. The van der Waals surface area contributed by atoms with Gasteiger partial charge in [-0.2, -0.15) is 0 Å². The van der Waals surface area contributed by atoms with Crippen LogP contribution in [0.3, 0.4) is 0 Å². The smallest absolute Gasteiger partial charge is 0.203 e. The quantitative estimate of drug-likeness (QED) is 0.874. The van der Waals surface area contributed by atoms with Crippen LogP contribution in [0.25, 0.3) is 0 Å². The highest BCUT2D eigenvalue weighted by atomic mass is 16.5. The van der Waals surface area contributed by atoms with E-state index in [9.17, 15) is 0 Å². The molecule has 4 heteroatoms. The third-order valence-corrected chi connectivity index (χ3v) is 3.69. The number of anilines is 1. The highest BCUT2D eigenvalue weighted by Crippen LogP contribution is 2.23. The van der Waals surface area contributed by atoms with Crippen LogP contribution in [0, 0.1) is 6.92 Å². The summed E-state index contributed by atoms with van der Waals surface area (Å²) in [6.45, 7) is 7.05. The lowest BCUT2D eigenvalue weighted by Crippen LogP contribution is -2.30. The lowest BCUT2D eigenvalue weighted by molar-refractivity contribution is 0.00854. The molecule has 18 heavy (non-hydrogen) atoms. The normalized spacial score (nSPS) is 17.3. The molecule has 102 valence electrons. The lowest BCUT2D eigenvalue weighted by Gasteiger charge is -2.25. The van der Waals surface area contributed by atoms with Crippen LogP contribution in [0.5, 0.6) is 0 Å². The Bertz CT molecular complexity index is 392. The average Bonchev–Trinajstić information content (AvgIpc) is 2.90. The summed E-state index contributed by atoms with van der Waals surface area (Å²) in [5, 5.41) is 3.57. The third-order valence-electron chi connectivity index (χ3n) is 3.69. The van der Waals surface area contributed by atoms with Gasteiger partial charge in [0, 0.05) is 19.3 Å². The molecule has 1 aromatic rings. The zero-order valence-electron chi connectivity index (χ0n) is 12.0. The second-order valence-electron chi connectivity index (χ2n) is 5.92. The summed E-state index contributed by atoms with van der Waals surface area (Å²) in [5.74, 6) is 0.990. The van der Waals surface area contributed by atoms with Gasteiger partial charge < -0.3 is 14.6 Å². The Balaban J connectivity index is 2.09. The molecule has 0 spiro atoms. The van der Waals surface area contributed by atoms with Crippen molar-refractivity contribution in [1.82, 2.24) is 9.55 Å². The Morgan fingerprint density at radius 2 is 2.11 bits per heavy atom. The maximum atomic E-state index is 5.50. The molecule has 0 unspecified atom stereocenters. The number of aryl methyl sites for hydroxylation is 1. The Kier molecular flexibility index (Phi) is 3.95. The fourth-order valence-electron chi connectivity index (χ4n) is 2.51. The molecule has 0 bridgehead atoms. The minimum Gasteiger partial charge on any atom is -0.377 e. The van der Waals surface area contributed by atoms with E-state index in [0.717, 1.165) is 18.2 Å². The number of nitrogens with one attached hydrogen (secondary N) is 1. The van der Waals surface area contributed by atoms with E-state index < -0.39 is 0 Å². The minimum absolute atomic E-state index is 0.167. The van der Waals surface area contributed by atoms with E-state index in [-0.39, 0.29) is 5.60 Å². The Morgan fingerprint density at radius 1 is 1.44 bits per heavy atom. The number of rotatable bonds is 5. The van der Waals surface area contributed by atoms with Gasteiger partial charge in [0.1, 0.15) is 0 Å². The maximum absolute atomic E-state index is 5.50. The van der Waals surface area contributed by atoms with Gasteiger partial charge in [0.05, 0.1) is 17.8 Å². The second kappa shape index (κ2) is 5.31. The first-order valence-corrected chi connectivity index (χ1v) is 6.86. The summed E-state index contributed by atoms with van der Waals surface area (Å²) in [7, 11) is 1.76. The van der Waals surface area contributed by atoms with Crippen LogP contribution in [0.2, 0.25) is 0 Å². The van der Waals surface area contributed by atoms with Crippen molar-refractivity contribution >= 4 is 5.95 Å². The van der Waals surface area contributed by atoms with Crippen molar-refractivity contribution in [3.05, 3.63) is 11.9 Å². The standard InChI is InChI=1S/C14H25N3O/c1-11-9-17(10-14(2,3)18-4)13(15-11)16-12-7-5-6-8-12/h9,12H,5-8,10H2,1-4H3,(H,15,16). The fourth-order valence-corrected chi connectivity index (χ4v) is 2.51. The molecule has 1 fully saturated rings. The van der Waals surface area contributed by atoms with Crippen LogP contribution in [-0.4, -0.2) is 28.3 Å². The van der Waals surface area contributed by atoms with Gasteiger partial charge in [0.25, 0.3) is 0 Å². The van der Waals surface area contributed by atoms with E-state index >= 15 is 0 Å². The van der Waals surface area contributed by atoms with Crippen molar-refractivity contribution in [2.75, 3.05) is 12.4 Å². The third kappa shape index (κ3) is 3.25. The molecule has 0 saturated heterocycles. The van der Waals surface area contributed by atoms with Crippen LogP contribution in [-0.2, 0) is 11.3 Å². The van der Waals surface area contributed by atoms with Gasteiger partial charge in [0.15, 0.2) is 0 Å². The van der Waals surface area contributed by atoms with Crippen LogP contribution < -0.4 is 5.32 Å². The molecule has 0 atom stereocenters. The van der Waals surface area contributed by atoms with Gasteiger partial charge in [-0.15, -0.1) is 0 Å². The molecule has 1 aromatic heterocycles. The van der Waals surface area contributed by atoms with Crippen molar-refractivity contribution in [2.45, 2.75) is 64.6 Å². The van der Waals surface area contributed by atoms with E-state index in [4.69, 9.17) is 4.74 Å². The predicted molar refractivity (Wildman–Crippen MR) is 73.9 cm³/mol. The van der Waals surface area contributed by atoms with Gasteiger partial charge in [0.2, 0.25) is 5.95 Å². The molecular weight excluding hydrogens is 226 g/mol. The van der Waals surface area contributed by atoms with E-state index in [1.165, 1.54) is 25.7 Å². The number of methoxy groups -OCH3 is 1. The predicted octanol–water partition coefficient (Wildman–Crippen LogP) is 2.97. The van der Waals surface area contributed by atoms with Crippen molar-refractivity contribution in [3.8, 4) is 0 Å². The van der Waals surface area contributed by atoms with Crippen LogP contribution >= 0.6 is 0 Å². The van der Waals surface area contributed by atoms with Crippen molar-refractivity contribution < 1.29 is 4.74 Å². The lowest BCUT2D eigenvalue weighted by atomic mass is 10.1. The number of imidazole rings is 1. The first-order chi connectivity index (χ1) is 8.50. The number of nitrogens with zero attached hydrogens (tertiary/aromatic N) is 2. The summed E-state index contributed by atoms with van der Waals surface area (Å²) < 4.78 is 7.68. The van der Waals surface area contributed by atoms with Gasteiger partial charge in [-0.05, 0) is 33.6 Å². The molecule has 1 aliphatic carbocycles. The molecule has 1 heterocycles. The molecule has 1 saturated carbocycles. The summed E-state index contributed by atoms with van der Waals surface area (Å²) in [6, 6.07) is 0.594. The summed E-state index contributed by atoms with van der Waals surface area (Å²) in [4.78, 5) is 4.59. The molecule has 0 aliphatic heterocycles. The zero-order valence-corrected chi connectivity index (χ0v) is 12.0. The molecule has 0 radical (unpaired) electrons. The molecule has 0 amide bonds. The maximum Gasteiger partial charge on any atom is 0.203 e. The molecule has 1 aliphatic rings. The summed E-state index contributed by atoms with van der Waals surface area (Å²) in [5.41, 5.74) is 0.890. The SMILES string of the molecule is COC(C)(C)Cn1cc(C)nc1NC1CCCC1. The van der Waals surface area contributed by atoms with Gasteiger partial charge >= 0.3 is 0 Å². The Morgan fingerprint density at radius 3 is 2.72 bits per heavy atom. The van der Waals surface area contributed by atoms with Gasteiger partial charge in [-0.3, -0.25) is 0 Å². The molecule has 2 rings (SSSR count). The highest BCUT2D eigenvalue weighted by Gasteiger charge is 2.21. The molecule has 0 aromatic carbocycles. The van der Waals surface area contributed by atoms with E-state index in [0.29, 0.717) is 6.04 Å². The topological polar surface area (TPSA) is 39.1 Å². The largest absolute Gasteiger partial charge is 0.377 e. The van der Waals surface area contributed by atoms with Crippen molar-refractivity contribution in [1.29, 1.82) is 0 Å². The monoisotopic (exact) mass is 251 g/mol. The van der Waals surface area contributed by atoms with E-state index in [1.54, 1.807) is 7.11 Å². The highest BCUT2D eigenvalue weighted by molar-refractivity contribution is 5.30. The van der Waals surface area contributed by atoms with Gasteiger partial charge in [-0.1, -0.05) is 12.8 Å². The van der Waals surface area contributed by atoms with Crippen LogP contribution in [0.15, 0.2) is 6.20 Å². The second-order valence-corrected chi connectivity index (χ2v) is 5.92. The van der Waals surface area contributed by atoms with E-state index in [1.807, 2.05) is 6.92 Å². The Hall–Kier alpha value is -1.03. The summed E-state index contributed by atoms with van der Waals surface area (Å²) in [6.07, 6.45) is 7.29. The fraction of sp³-hybridized carbons (Fsp3) is 0.786. The molecule has 1 N–H and O–H groups in total. The van der Waals surface area contributed by atoms with Crippen LogP contribution in [0.1, 0.15) is 45.2 Å². The van der Waals surface area contributed by atoms with Crippen molar-refractivity contribution in [3.63, 3.8) is 0 Å². The zero-order chi connectivity index (χ0) is 13.2. The Labute approximate surface area is 110 Å². The molecule has 4 nitrogen and oxygen atoms in total. The van der Waals surface area contributed by atoms with Crippen LogP contribution in [0.4, 0.5) is 5.95 Å². The number of ether oxygens (including phenoxy) is 1.